The zero-order valence-electron chi connectivity index (χ0n) is 14.7. The summed E-state index contributed by atoms with van der Waals surface area (Å²) in [4.78, 5) is 0. The van der Waals surface area contributed by atoms with E-state index in [-0.39, 0.29) is 5.41 Å². The summed E-state index contributed by atoms with van der Waals surface area (Å²) in [6.07, 6.45) is 11.2. The molecule has 2 bridgehead atoms. The van der Waals surface area contributed by atoms with E-state index in [1.165, 1.54) is 51.4 Å². The first-order chi connectivity index (χ1) is 10.3. The van der Waals surface area contributed by atoms with E-state index in [1.54, 1.807) is 0 Å². The zero-order chi connectivity index (χ0) is 15.8. The number of rotatable bonds is 1. The molecule has 126 valence electrons. The fourth-order valence-corrected chi connectivity index (χ4v) is 8.12. The van der Waals surface area contributed by atoms with Gasteiger partial charge in [0.15, 0.2) is 0 Å². The van der Waals surface area contributed by atoms with Gasteiger partial charge in [-0.05, 0) is 92.3 Å². The molecule has 0 amide bonds. The molecule has 4 fully saturated rings. The van der Waals surface area contributed by atoms with Gasteiger partial charge in [-0.2, -0.15) is 0 Å². The predicted molar refractivity (Wildman–Crippen MR) is 88.4 cm³/mol. The van der Waals surface area contributed by atoms with E-state index in [2.05, 4.69) is 20.8 Å². The molecule has 7 atom stereocenters. The Labute approximate surface area is 135 Å². The third kappa shape index (κ3) is 1.80. The molecule has 0 unspecified atom stereocenters. The summed E-state index contributed by atoms with van der Waals surface area (Å²) in [5, 5.41) is 21.0. The molecule has 0 heterocycles. The minimum Gasteiger partial charge on any atom is -0.396 e. The highest BCUT2D eigenvalue weighted by atomic mass is 16.3. The fourth-order valence-electron chi connectivity index (χ4n) is 8.12. The first-order valence-corrected chi connectivity index (χ1v) is 9.59. The van der Waals surface area contributed by atoms with E-state index in [9.17, 15) is 10.2 Å². The maximum Gasteiger partial charge on any atom is 0.0653 e. The van der Waals surface area contributed by atoms with Crippen molar-refractivity contribution in [2.45, 2.75) is 84.2 Å². The van der Waals surface area contributed by atoms with Crippen molar-refractivity contribution in [3.63, 3.8) is 0 Å². The number of hydrogen-bond acceptors (Lipinski definition) is 2. The predicted octanol–water partition coefficient (Wildman–Crippen LogP) is 4.14. The Balaban J connectivity index is 1.72. The number of hydrogen-bond donors (Lipinski definition) is 2. The monoisotopic (exact) mass is 306 g/mol. The van der Waals surface area contributed by atoms with Crippen LogP contribution in [0.3, 0.4) is 0 Å². The third-order valence-corrected chi connectivity index (χ3v) is 8.97. The average Bonchev–Trinajstić information content (AvgIpc) is 2.63. The Bertz CT molecular complexity index is 472. The highest BCUT2D eigenvalue weighted by Crippen LogP contribution is 2.72. The van der Waals surface area contributed by atoms with E-state index < -0.39 is 5.60 Å². The molecule has 4 aliphatic rings. The van der Waals surface area contributed by atoms with Crippen LogP contribution >= 0.6 is 0 Å². The summed E-state index contributed by atoms with van der Waals surface area (Å²) < 4.78 is 0. The topological polar surface area (TPSA) is 40.5 Å². The van der Waals surface area contributed by atoms with Gasteiger partial charge in [-0.3, -0.25) is 0 Å². The van der Waals surface area contributed by atoms with Crippen LogP contribution in [0.4, 0.5) is 0 Å². The van der Waals surface area contributed by atoms with Crippen molar-refractivity contribution in [1.29, 1.82) is 0 Å². The first kappa shape index (κ1) is 15.4. The van der Waals surface area contributed by atoms with Crippen molar-refractivity contribution >= 4 is 0 Å². The normalized spacial score (nSPS) is 60.7. The van der Waals surface area contributed by atoms with Gasteiger partial charge in [0.05, 0.1) is 5.60 Å². The van der Waals surface area contributed by atoms with Crippen LogP contribution in [0, 0.1) is 34.0 Å². The van der Waals surface area contributed by atoms with Gasteiger partial charge < -0.3 is 10.2 Å². The molecule has 0 radical (unpaired) electrons. The summed E-state index contributed by atoms with van der Waals surface area (Å²) in [7, 11) is 0. The average molecular weight is 306 g/mol. The van der Waals surface area contributed by atoms with Gasteiger partial charge >= 0.3 is 0 Å². The number of aliphatic hydroxyl groups is 2. The Morgan fingerprint density at radius 2 is 1.73 bits per heavy atom. The smallest absolute Gasteiger partial charge is 0.0653 e. The van der Waals surface area contributed by atoms with Gasteiger partial charge in [0, 0.05) is 6.61 Å². The van der Waals surface area contributed by atoms with E-state index in [0.717, 1.165) is 12.3 Å². The molecule has 4 saturated carbocycles. The van der Waals surface area contributed by atoms with Crippen LogP contribution in [-0.2, 0) is 0 Å². The van der Waals surface area contributed by atoms with E-state index in [0.29, 0.717) is 29.3 Å². The van der Waals surface area contributed by atoms with Crippen LogP contribution < -0.4 is 0 Å². The summed E-state index contributed by atoms with van der Waals surface area (Å²) in [6, 6.07) is 0. The van der Waals surface area contributed by atoms with E-state index in [1.807, 2.05) is 0 Å². The maximum absolute atomic E-state index is 10.9. The van der Waals surface area contributed by atoms with Crippen molar-refractivity contribution in [1.82, 2.24) is 0 Å². The minimum absolute atomic E-state index is 0.132. The van der Waals surface area contributed by atoms with Crippen LogP contribution in [0.5, 0.6) is 0 Å². The molecule has 0 aromatic heterocycles. The highest BCUT2D eigenvalue weighted by molar-refractivity contribution is 5.16. The Morgan fingerprint density at radius 1 is 0.955 bits per heavy atom. The lowest BCUT2D eigenvalue weighted by molar-refractivity contribution is -0.159. The second-order valence-electron chi connectivity index (χ2n) is 10.2. The highest BCUT2D eigenvalue weighted by Gasteiger charge is 2.66. The van der Waals surface area contributed by atoms with E-state index in [4.69, 9.17) is 0 Å². The Morgan fingerprint density at radius 3 is 2.45 bits per heavy atom. The van der Waals surface area contributed by atoms with Crippen molar-refractivity contribution in [3.8, 4) is 0 Å². The van der Waals surface area contributed by atoms with Crippen molar-refractivity contribution < 1.29 is 10.2 Å². The van der Waals surface area contributed by atoms with Crippen molar-refractivity contribution in [3.05, 3.63) is 0 Å². The van der Waals surface area contributed by atoms with Gasteiger partial charge in [-0.1, -0.05) is 20.3 Å². The first-order valence-electron chi connectivity index (χ1n) is 9.59. The second-order valence-corrected chi connectivity index (χ2v) is 10.2. The summed E-state index contributed by atoms with van der Waals surface area (Å²) in [5.74, 6) is 1.99. The molecule has 4 rings (SSSR count). The van der Waals surface area contributed by atoms with Gasteiger partial charge in [0.2, 0.25) is 0 Å². The zero-order valence-corrected chi connectivity index (χ0v) is 14.7. The van der Waals surface area contributed by atoms with Crippen molar-refractivity contribution in [2.75, 3.05) is 6.61 Å². The molecule has 4 aliphatic carbocycles. The van der Waals surface area contributed by atoms with Gasteiger partial charge in [0.25, 0.3) is 0 Å². The molecular formula is C20H34O2. The van der Waals surface area contributed by atoms with Gasteiger partial charge in [-0.25, -0.2) is 0 Å². The fraction of sp³-hybridized carbons (Fsp3) is 1.00. The molecule has 2 N–H and O–H groups in total. The minimum atomic E-state index is -0.424. The summed E-state index contributed by atoms with van der Waals surface area (Å²) >= 11 is 0. The largest absolute Gasteiger partial charge is 0.396 e. The van der Waals surface area contributed by atoms with Crippen LogP contribution in [0.25, 0.3) is 0 Å². The lowest BCUT2D eigenvalue weighted by atomic mass is 9.41. The van der Waals surface area contributed by atoms with Crippen LogP contribution in [0.1, 0.15) is 78.6 Å². The Kier molecular flexibility index (Phi) is 3.16. The quantitative estimate of drug-likeness (QED) is 0.764. The molecule has 0 aliphatic heterocycles. The molecule has 2 nitrogen and oxygen atoms in total. The Hall–Kier alpha value is -0.0800. The van der Waals surface area contributed by atoms with Crippen LogP contribution in [-0.4, -0.2) is 22.4 Å². The lowest BCUT2D eigenvalue weighted by Crippen LogP contribution is -2.57. The lowest BCUT2D eigenvalue weighted by Gasteiger charge is -2.64. The van der Waals surface area contributed by atoms with E-state index >= 15 is 0 Å². The summed E-state index contributed by atoms with van der Waals surface area (Å²) in [6.45, 7) is 7.34. The second kappa shape index (κ2) is 4.51. The number of fused-ring (bicyclic) bond motifs is 3. The third-order valence-electron chi connectivity index (χ3n) is 8.97. The van der Waals surface area contributed by atoms with Crippen molar-refractivity contribution in [2.24, 2.45) is 34.0 Å². The molecule has 0 aromatic rings. The standard InChI is InChI=1S/C20H34O2/c1-17(13-21)8-4-9-18(2)15(17)7-10-20-11-14(5-6-16(18)20)19(3,22)12-20/h14-16,21-22H,4-13H2,1-3H3/t14-,15-,16+,17-,18-,19+,20+/m1/s1. The van der Waals surface area contributed by atoms with Crippen LogP contribution in [0.15, 0.2) is 0 Å². The molecule has 0 aromatic carbocycles. The molecule has 1 spiro atoms. The maximum atomic E-state index is 10.9. The molecule has 22 heavy (non-hydrogen) atoms. The summed E-state index contributed by atoms with van der Waals surface area (Å²) in [5.41, 5.74) is 0.504. The van der Waals surface area contributed by atoms with Gasteiger partial charge in [0.1, 0.15) is 0 Å². The SMILES string of the molecule is C[C@]1(CO)CCC[C@]2(C)[C@@H]1CC[C@@]13C[C@@H](CC[C@H]12)[C@@](C)(O)C3. The molecule has 2 heteroatoms. The van der Waals surface area contributed by atoms with Crippen LogP contribution in [0.2, 0.25) is 0 Å². The molecular weight excluding hydrogens is 272 g/mol. The number of aliphatic hydroxyl groups excluding tert-OH is 1. The molecule has 0 saturated heterocycles. The van der Waals surface area contributed by atoms with Gasteiger partial charge in [-0.15, -0.1) is 0 Å².